The monoisotopic (exact) mass is 304 g/mol. The predicted octanol–water partition coefficient (Wildman–Crippen LogP) is 2.96. The van der Waals surface area contributed by atoms with Gasteiger partial charge in [-0.2, -0.15) is 0 Å². The number of carbonyl (C=O) groups is 1. The second kappa shape index (κ2) is 4.44. The van der Waals surface area contributed by atoms with Gasteiger partial charge in [0.15, 0.2) is 0 Å². The highest BCUT2D eigenvalue weighted by atomic mass is 16.5. The smallest absolute Gasteiger partial charge is 0.310 e. The highest BCUT2D eigenvalue weighted by Gasteiger charge is 2.33. The first kappa shape index (κ1) is 12.9. The zero-order chi connectivity index (χ0) is 15.6. The minimum atomic E-state index is -0.130. The van der Waals surface area contributed by atoms with Crippen LogP contribution in [0.5, 0.6) is 0 Å². The molecule has 0 spiro atoms. The maximum Gasteiger partial charge on any atom is 0.310 e. The molecular weight excluding hydrogens is 288 g/mol. The van der Waals surface area contributed by atoms with Crippen molar-refractivity contribution in [2.75, 3.05) is 13.2 Å². The maximum absolute atomic E-state index is 11.6. The van der Waals surface area contributed by atoms with Crippen molar-refractivity contribution in [3.05, 3.63) is 58.3 Å². The van der Waals surface area contributed by atoms with E-state index in [1.807, 2.05) is 6.07 Å². The number of allylic oxidation sites excluding steroid dienone is 1. The van der Waals surface area contributed by atoms with E-state index in [0.29, 0.717) is 13.0 Å². The topological polar surface area (TPSA) is 42.4 Å². The number of benzene rings is 1. The van der Waals surface area contributed by atoms with Crippen molar-refractivity contribution in [2.45, 2.75) is 19.9 Å². The molecule has 0 radical (unpaired) electrons. The van der Waals surface area contributed by atoms with Crippen LogP contribution in [0.4, 0.5) is 0 Å². The van der Waals surface area contributed by atoms with Gasteiger partial charge in [-0.25, -0.2) is 4.98 Å². The van der Waals surface area contributed by atoms with E-state index in [4.69, 9.17) is 9.72 Å². The lowest BCUT2D eigenvalue weighted by Crippen LogP contribution is -2.29. The number of hydrogen-bond donors (Lipinski definition) is 0. The van der Waals surface area contributed by atoms with E-state index in [9.17, 15) is 4.79 Å². The second-order valence-electron chi connectivity index (χ2n) is 6.43. The first-order chi connectivity index (χ1) is 11.2. The highest BCUT2D eigenvalue weighted by molar-refractivity contribution is 5.88. The summed E-state index contributed by atoms with van der Waals surface area (Å²) in [5, 5.41) is 1.22. The molecule has 4 nitrogen and oxygen atoms in total. The number of pyridine rings is 1. The van der Waals surface area contributed by atoms with Crippen LogP contribution in [0.3, 0.4) is 0 Å². The van der Waals surface area contributed by atoms with Crippen molar-refractivity contribution in [3.63, 3.8) is 0 Å². The van der Waals surface area contributed by atoms with Gasteiger partial charge in [-0.05, 0) is 35.8 Å². The van der Waals surface area contributed by atoms with Crippen molar-refractivity contribution >= 4 is 22.6 Å². The van der Waals surface area contributed by atoms with Crippen LogP contribution in [0, 0.1) is 6.92 Å². The standard InChI is InChI=1S/C19H16N2O2/c1-11-14-4-2-3-5-16(14)20-19-15(11)9-21-8-13-10-23-18(22)7-12(13)6-17(19)21/h2-6H,7-10H2,1H3. The summed E-state index contributed by atoms with van der Waals surface area (Å²) in [5.74, 6) is -0.130. The Balaban J connectivity index is 1.70. The molecule has 0 atom stereocenters. The molecule has 0 saturated heterocycles. The van der Waals surface area contributed by atoms with E-state index in [1.54, 1.807) is 0 Å². The minimum absolute atomic E-state index is 0.130. The first-order valence-electron chi connectivity index (χ1n) is 7.92. The van der Waals surface area contributed by atoms with Gasteiger partial charge >= 0.3 is 5.97 Å². The van der Waals surface area contributed by atoms with Crippen LogP contribution < -0.4 is 0 Å². The molecular formula is C19H16N2O2. The van der Waals surface area contributed by atoms with Gasteiger partial charge in [0.05, 0.1) is 23.3 Å². The van der Waals surface area contributed by atoms with Crippen LogP contribution in [0.25, 0.3) is 16.6 Å². The van der Waals surface area contributed by atoms with Crippen LogP contribution in [-0.4, -0.2) is 29.0 Å². The third kappa shape index (κ3) is 1.78. The number of aryl methyl sites for hydroxylation is 1. The predicted molar refractivity (Wildman–Crippen MR) is 87.5 cm³/mol. The number of para-hydroxylation sites is 1. The van der Waals surface area contributed by atoms with E-state index in [0.717, 1.165) is 35.6 Å². The number of rotatable bonds is 0. The summed E-state index contributed by atoms with van der Waals surface area (Å²) in [5.41, 5.74) is 8.23. The Hall–Kier alpha value is -2.62. The number of carbonyl (C=O) groups excluding carboxylic acids is 1. The van der Waals surface area contributed by atoms with Crippen molar-refractivity contribution in [1.29, 1.82) is 0 Å². The summed E-state index contributed by atoms with van der Waals surface area (Å²) in [6, 6.07) is 8.30. The van der Waals surface area contributed by atoms with E-state index < -0.39 is 0 Å². The average molecular weight is 304 g/mol. The third-order valence-corrected chi connectivity index (χ3v) is 5.10. The number of fused-ring (bicyclic) bond motifs is 4. The van der Waals surface area contributed by atoms with Crippen LogP contribution in [0.2, 0.25) is 0 Å². The van der Waals surface area contributed by atoms with E-state index in [-0.39, 0.29) is 5.97 Å². The normalized spacial score (nSPS) is 19.3. The van der Waals surface area contributed by atoms with E-state index in [1.165, 1.54) is 22.1 Å². The fourth-order valence-corrected chi connectivity index (χ4v) is 3.84. The summed E-state index contributed by atoms with van der Waals surface area (Å²) in [6.45, 7) is 4.33. The molecule has 4 heteroatoms. The maximum atomic E-state index is 11.6. The lowest BCUT2D eigenvalue weighted by Gasteiger charge is -2.30. The molecule has 0 fully saturated rings. The summed E-state index contributed by atoms with van der Waals surface area (Å²) < 4.78 is 5.19. The number of aromatic nitrogens is 1. The molecule has 4 heterocycles. The van der Waals surface area contributed by atoms with Gasteiger partial charge in [0.25, 0.3) is 0 Å². The second-order valence-corrected chi connectivity index (χ2v) is 6.43. The molecule has 23 heavy (non-hydrogen) atoms. The fourth-order valence-electron chi connectivity index (χ4n) is 3.84. The molecule has 3 aliphatic heterocycles. The summed E-state index contributed by atoms with van der Waals surface area (Å²) >= 11 is 0. The lowest BCUT2D eigenvalue weighted by molar-refractivity contribution is -0.142. The zero-order valence-corrected chi connectivity index (χ0v) is 12.9. The zero-order valence-electron chi connectivity index (χ0n) is 12.9. The molecule has 0 bridgehead atoms. The van der Waals surface area contributed by atoms with Gasteiger partial charge in [0.1, 0.15) is 6.61 Å². The first-order valence-corrected chi connectivity index (χ1v) is 7.92. The van der Waals surface area contributed by atoms with Crippen LogP contribution in [0.1, 0.15) is 23.2 Å². The van der Waals surface area contributed by atoms with Gasteiger partial charge in [0, 0.05) is 24.0 Å². The third-order valence-electron chi connectivity index (χ3n) is 5.10. The summed E-state index contributed by atoms with van der Waals surface area (Å²) in [7, 11) is 0. The minimum Gasteiger partial charge on any atom is -0.461 e. The van der Waals surface area contributed by atoms with Crippen LogP contribution in [0.15, 0.2) is 41.5 Å². The Morgan fingerprint density at radius 1 is 1.22 bits per heavy atom. The van der Waals surface area contributed by atoms with Crippen molar-refractivity contribution < 1.29 is 9.53 Å². The van der Waals surface area contributed by atoms with E-state index in [2.05, 4.69) is 36.1 Å². The SMILES string of the molecule is Cc1c2c(nc3ccccc13)C1=CC3=C(COC(=O)C3)CN1C2. The Kier molecular flexibility index (Phi) is 2.49. The number of nitrogens with zero attached hydrogens (tertiary/aromatic N) is 2. The van der Waals surface area contributed by atoms with E-state index >= 15 is 0 Å². The average Bonchev–Trinajstić information content (AvgIpc) is 2.91. The van der Waals surface area contributed by atoms with Gasteiger partial charge in [-0.1, -0.05) is 18.2 Å². The molecule has 0 saturated carbocycles. The molecule has 0 aliphatic carbocycles. The Morgan fingerprint density at radius 2 is 2.09 bits per heavy atom. The molecule has 0 amide bonds. The lowest BCUT2D eigenvalue weighted by atomic mass is 9.97. The van der Waals surface area contributed by atoms with Crippen molar-refractivity contribution in [2.24, 2.45) is 0 Å². The molecule has 3 aliphatic rings. The van der Waals surface area contributed by atoms with Gasteiger partial charge in [0.2, 0.25) is 0 Å². The highest BCUT2D eigenvalue weighted by Crippen LogP contribution is 2.40. The number of esters is 1. The molecule has 0 unspecified atom stereocenters. The van der Waals surface area contributed by atoms with Gasteiger partial charge < -0.3 is 9.64 Å². The van der Waals surface area contributed by atoms with Gasteiger partial charge in [-0.3, -0.25) is 4.79 Å². The summed E-state index contributed by atoms with van der Waals surface area (Å²) in [6.07, 6.45) is 2.53. The number of cyclic esters (lactones) is 1. The number of ether oxygens (including phenoxy) is 1. The molecule has 5 rings (SSSR count). The quantitative estimate of drug-likeness (QED) is 0.702. The van der Waals surface area contributed by atoms with Crippen molar-refractivity contribution in [3.8, 4) is 0 Å². The molecule has 2 aromatic rings. The molecule has 1 aromatic carbocycles. The summed E-state index contributed by atoms with van der Waals surface area (Å²) in [4.78, 5) is 18.8. The van der Waals surface area contributed by atoms with Crippen LogP contribution >= 0.6 is 0 Å². The number of hydrogen-bond acceptors (Lipinski definition) is 4. The Labute approximate surface area is 134 Å². The molecule has 1 aromatic heterocycles. The molecule has 114 valence electrons. The van der Waals surface area contributed by atoms with Crippen LogP contribution in [-0.2, 0) is 16.1 Å². The Bertz CT molecular complexity index is 940. The molecule has 0 N–H and O–H groups in total. The Morgan fingerprint density at radius 3 is 3.00 bits per heavy atom. The fraction of sp³-hybridized carbons (Fsp3) is 0.263. The van der Waals surface area contributed by atoms with Crippen molar-refractivity contribution in [1.82, 2.24) is 9.88 Å². The van der Waals surface area contributed by atoms with Gasteiger partial charge in [-0.15, -0.1) is 0 Å². The largest absolute Gasteiger partial charge is 0.461 e.